The van der Waals surface area contributed by atoms with E-state index in [0.717, 1.165) is 50.3 Å². The molecule has 0 spiro atoms. The molecule has 22 heavy (non-hydrogen) atoms. The van der Waals surface area contributed by atoms with Gasteiger partial charge in [0.15, 0.2) is 0 Å². The van der Waals surface area contributed by atoms with Crippen LogP contribution in [0.5, 0.6) is 5.75 Å². The molecule has 2 N–H and O–H groups in total. The summed E-state index contributed by atoms with van der Waals surface area (Å²) >= 11 is 0. The van der Waals surface area contributed by atoms with Crippen LogP contribution in [-0.4, -0.2) is 43.1 Å². The average Bonchev–Trinajstić information content (AvgIpc) is 2.55. The van der Waals surface area contributed by atoms with E-state index in [2.05, 4.69) is 11.8 Å². The molecule has 1 aromatic rings. The number of amides is 1. The second-order valence-corrected chi connectivity index (χ2v) is 6.16. The van der Waals surface area contributed by atoms with Crippen molar-refractivity contribution in [3.8, 4) is 5.75 Å². The highest BCUT2D eigenvalue weighted by atomic mass is 16.5. The van der Waals surface area contributed by atoms with Crippen molar-refractivity contribution in [2.45, 2.75) is 38.7 Å². The average molecular weight is 303 g/mol. The van der Waals surface area contributed by atoms with Crippen LogP contribution in [0.2, 0.25) is 0 Å². The van der Waals surface area contributed by atoms with E-state index >= 15 is 0 Å². The Labute approximate surface area is 132 Å². The van der Waals surface area contributed by atoms with Gasteiger partial charge in [0.1, 0.15) is 17.5 Å². The van der Waals surface area contributed by atoms with Crippen LogP contribution in [0.25, 0.3) is 0 Å². The van der Waals surface area contributed by atoms with Crippen LogP contribution in [-0.2, 0) is 4.79 Å². The quantitative estimate of drug-likeness (QED) is 0.870. The molecule has 0 radical (unpaired) electrons. The topological polar surface area (TPSA) is 58.8 Å². The summed E-state index contributed by atoms with van der Waals surface area (Å²) < 4.78 is 5.97. The lowest BCUT2D eigenvalue weighted by Crippen LogP contribution is -2.47. The molecule has 1 amide bonds. The lowest BCUT2D eigenvalue weighted by molar-refractivity contribution is -0.130. The molecule has 0 saturated carbocycles. The number of carbonyl (C=O) groups excluding carboxylic acids is 1. The van der Waals surface area contributed by atoms with E-state index < -0.39 is 0 Å². The van der Waals surface area contributed by atoms with Crippen LogP contribution in [0, 0.1) is 0 Å². The van der Waals surface area contributed by atoms with Gasteiger partial charge in [0.05, 0.1) is 18.8 Å². The van der Waals surface area contributed by atoms with E-state index in [1.807, 2.05) is 23.1 Å². The third kappa shape index (κ3) is 2.98. The van der Waals surface area contributed by atoms with E-state index in [9.17, 15) is 4.79 Å². The first-order chi connectivity index (χ1) is 10.7. The molecule has 1 unspecified atom stereocenters. The molecule has 1 saturated heterocycles. The first-order valence-corrected chi connectivity index (χ1v) is 8.27. The Bertz CT molecular complexity index is 541. The zero-order valence-corrected chi connectivity index (χ0v) is 13.3. The Kier molecular flexibility index (Phi) is 4.41. The molecule has 0 aliphatic carbocycles. The highest BCUT2D eigenvalue weighted by Crippen LogP contribution is 2.38. The highest BCUT2D eigenvalue weighted by molar-refractivity contribution is 5.85. The number of rotatable bonds is 3. The van der Waals surface area contributed by atoms with Gasteiger partial charge >= 0.3 is 0 Å². The Morgan fingerprint density at radius 3 is 2.82 bits per heavy atom. The number of benzene rings is 1. The molecule has 1 aromatic carbocycles. The molecule has 3 rings (SSSR count). The Morgan fingerprint density at radius 1 is 1.32 bits per heavy atom. The number of piperidine rings is 1. The van der Waals surface area contributed by atoms with Crippen LogP contribution >= 0.6 is 0 Å². The van der Waals surface area contributed by atoms with Crippen LogP contribution in [0.3, 0.4) is 0 Å². The second kappa shape index (κ2) is 6.46. The van der Waals surface area contributed by atoms with Gasteiger partial charge in [0, 0.05) is 13.1 Å². The molecule has 0 bridgehead atoms. The summed E-state index contributed by atoms with van der Waals surface area (Å²) in [6, 6.07) is 5.70. The van der Waals surface area contributed by atoms with Gasteiger partial charge in [-0.15, -0.1) is 0 Å². The number of hydrogen-bond donors (Lipinski definition) is 1. The number of nitrogens with two attached hydrogens (primary N) is 1. The Balaban J connectivity index is 1.79. The number of nitrogens with zero attached hydrogens (tertiary/aromatic N) is 2. The Morgan fingerprint density at radius 2 is 2.09 bits per heavy atom. The van der Waals surface area contributed by atoms with Gasteiger partial charge in [0.2, 0.25) is 5.91 Å². The fraction of sp³-hybridized carbons (Fsp3) is 0.588. The first-order valence-electron chi connectivity index (χ1n) is 8.27. The molecule has 2 heterocycles. The third-order valence-electron chi connectivity index (χ3n) is 4.55. The number of hydrogen-bond acceptors (Lipinski definition) is 4. The molecule has 0 aromatic heterocycles. The molecule has 2 aliphatic heterocycles. The fourth-order valence-electron chi connectivity index (χ4n) is 3.29. The van der Waals surface area contributed by atoms with Gasteiger partial charge in [-0.1, -0.05) is 13.0 Å². The largest absolute Gasteiger partial charge is 0.486 e. The van der Waals surface area contributed by atoms with Gasteiger partial charge < -0.3 is 20.3 Å². The summed E-state index contributed by atoms with van der Waals surface area (Å²) in [4.78, 5) is 16.7. The number of likely N-dealkylation sites (tertiary alicyclic amines) is 1. The SMILES string of the molecule is CCC1CN(CC(=O)N2CCCCC2)c2c(N)cccc2O1. The van der Waals surface area contributed by atoms with Gasteiger partial charge in [0.25, 0.3) is 0 Å². The number of fused-ring (bicyclic) bond motifs is 1. The highest BCUT2D eigenvalue weighted by Gasteiger charge is 2.29. The molecule has 2 aliphatic rings. The predicted molar refractivity (Wildman–Crippen MR) is 88.2 cm³/mol. The molecule has 1 atom stereocenters. The number of nitrogen functional groups attached to an aromatic ring is 1. The van der Waals surface area contributed by atoms with Crippen molar-refractivity contribution in [3.05, 3.63) is 18.2 Å². The lowest BCUT2D eigenvalue weighted by atomic mass is 10.1. The van der Waals surface area contributed by atoms with E-state index in [4.69, 9.17) is 10.5 Å². The van der Waals surface area contributed by atoms with Crippen molar-refractivity contribution < 1.29 is 9.53 Å². The normalized spacial score (nSPS) is 21.2. The van der Waals surface area contributed by atoms with E-state index in [-0.39, 0.29) is 12.0 Å². The van der Waals surface area contributed by atoms with Crippen molar-refractivity contribution in [2.24, 2.45) is 0 Å². The maximum atomic E-state index is 12.6. The molecular weight excluding hydrogens is 278 g/mol. The van der Waals surface area contributed by atoms with Gasteiger partial charge in [-0.3, -0.25) is 4.79 Å². The van der Waals surface area contributed by atoms with E-state index in [0.29, 0.717) is 12.2 Å². The van der Waals surface area contributed by atoms with Crippen LogP contribution < -0.4 is 15.4 Å². The van der Waals surface area contributed by atoms with Crippen molar-refractivity contribution in [2.75, 3.05) is 36.8 Å². The van der Waals surface area contributed by atoms with Gasteiger partial charge in [-0.05, 0) is 37.8 Å². The van der Waals surface area contributed by atoms with Gasteiger partial charge in [-0.2, -0.15) is 0 Å². The minimum atomic E-state index is 0.114. The lowest BCUT2D eigenvalue weighted by Gasteiger charge is -2.38. The smallest absolute Gasteiger partial charge is 0.242 e. The first kappa shape index (κ1) is 15.0. The zero-order chi connectivity index (χ0) is 15.5. The van der Waals surface area contributed by atoms with E-state index in [1.165, 1.54) is 6.42 Å². The number of carbonyl (C=O) groups is 1. The summed E-state index contributed by atoms with van der Waals surface area (Å²) in [5, 5.41) is 0. The van der Waals surface area contributed by atoms with Crippen LogP contribution in [0.1, 0.15) is 32.6 Å². The molecule has 5 nitrogen and oxygen atoms in total. The minimum absolute atomic E-state index is 0.114. The fourth-order valence-corrected chi connectivity index (χ4v) is 3.29. The maximum absolute atomic E-state index is 12.6. The van der Waals surface area contributed by atoms with Crippen molar-refractivity contribution in [1.82, 2.24) is 4.90 Å². The monoisotopic (exact) mass is 303 g/mol. The summed E-state index contributed by atoms with van der Waals surface area (Å²) in [6.07, 6.45) is 4.50. The minimum Gasteiger partial charge on any atom is -0.486 e. The predicted octanol–water partition coefficient (Wildman–Crippen LogP) is 2.26. The molecule has 120 valence electrons. The Hall–Kier alpha value is -1.91. The van der Waals surface area contributed by atoms with Crippen molar-refractivity contribution in [1.29, 1.82) is 0 Å². The number of ether oxygens (including phenoxy) is 1. The maximum Gasteiger partial charge on any atom is 0.242 e. The summed E-state index contributed by atoms with van der Waals surface area (Å²) in [6.45, 7) is 4.99. The zero-order valence-electron chi connectivity index (χ0n) is 13.3. The molecule has 5 heteroatoms. The van der Waals surface area contributed by atoms with Crippen LogP contribution in [0.4, 0.5) is 11.4 Å². The molecule has 1 fully saturated rings. The summed E-state index contributed by atoms with van der Waals surface area (Å²) in [5.74, 6) is 0.996. The third-order valence-corrected chi connectivity index (χ3v) is 4.55. The number of anilines is 2. The molecular formula is C17H25N3O2. The van der Waals surface area contributed by atoms with Gasteiger partial charge in [-0.25, -0.2) is 0 Å². The van der Waals surface area contributed by atoms with E-state index in [1.54, 1.807) is 0 Å². The summed E-state index contributed by atoms with van der Waals surface area (Å²) in [5.41, 5.74) is 7.68. The van der Waals surface area contributed by atoms with Crippen molar-refractivity contribution in [3.63, 3.8) is 0 Å². The van der Waals surface area contributed by atoms with Crippen LogP contribution in [0.15, 0.2) is 18.2 Å². The van der Waals surface area contributed by atoms with Crippen molar-refractivity contribution >= 4 is 17.3 Å². The summed E-state index contributed by atoms with van der Waals surface area (Å²) in [7, 11) is 0. The number of para-hydroxylation sites is 1. The second-order valence-electron chi connectivity index (χ2n) is 6.16. The standard InChI is InChI=1S/C17H25N3O2/c1-2-13-11-20(12-16(21)19-9-4-3-5-10-19)17-14(18)7-6-8-15(17)22-13/h6-8,13H,2-5,9-12,18H2,1H3.